The van der Waals surface area contributed by atoms with Gasteiger partial charge in [-0.25, -0.2) is 4.98 Å². The van der Waals surface area contributed by atoms with Crippen molar-refractivity contribution in [2.45, 2.75) is 25.3 Å². The molecular formula is C16H22ClN3OS. The zero-order chi connectivity index (χ0) is 14.2. The highest BCUT2D eigenvalue weighted by Gasteiger charge is 2.30. The summed E-state index contributed by atoms with van der Waals surface area (Å²) in [5.41, 5.74) is 1.09. The number of piperidine rings is 1. The Morgan fingerprint density at radius 1 is 1.23 bits per heavy atom. The molecule has 1 atom stereocenters. The lowest BCUT2D eigenvalue weighted by molar-refractivity contribution is 0.133. The molecule has 1 unspecified atom stereocenters. The third-order valence-electron chi connectivity index (χ3n) is 4.69. The van der Waals surface area contributed by atoms with Crippen LogP contribution in [0.25, 0.3) is 10.2 Å². The second-order valence-corrected chi connectivity index (χ2v) is 6.97. The number of methoxy groups -OCH3 is 1. The van der Waals surface area contributed by atoms with E-state index in [4.69, 9.17) is 9.72 Å². The summed E-state index contributed by atoms with van der Waals surface area (Å²) in [6.45, 7) is 4.71. The lowest BCUT2D eigenvalue weighted by Crippen LogP contribution is -2.54. The second kappa shape index (κ2) is 6.60. The molecule has 2 aliphatic heterocycles. The van der Waals surface area contributed by atoms with Crippen molar-refractivity contribution in [3.8, 4) is 5.75 Å². The van der Waals surface area contributed by atoms with E-state index < -0.39 is 0 Å². The van der Waals surface area contributed by atoms with Crippen LogP contribution in [0.4, 0.5) is 5.13 Å². The van der Waals surface area contributed by atoms with Gasteiger partial charge in [0, 0.05) is 25.7 Å². The maximum Gasteiger partial charge on any atom is 0.186 e. The Bertz CT molecular complexity index is 647. The van der Waals surface area contributed by atoms with Crippen LogP contribution in [0, 0.1) is 0 Å². The molecule has 2 aromatic rings. The number of halogens is 1. The van der Waals surface area contributed by atoms with Gasteiger partial charge < -0.3 is 9.64 Å². The molecule has 0 amide bonds. The summed E-state index contributed by atoms with van der Waals surface area (Å²) in [5, 5.41) is 1.17. The number of anilines is 1. The maximum atomic E-state index is 5.31. The van der Waals surface area contributed by atoms with Crippen LogP contribution in [0.3, 0.4) is 0 Å². The van der Waals surface area contributed by atoms with Gasteiger partial charge in [-0.2, -0.15) is 0 Å². The zero-order valence-corrected chi connectivity index (χ0v) is 14.5. The van der Waals surface area contributed by atoms with Crippen LogP contribution in [0.1, 0.15) is 19.3 Å². The van der Waals surface area contributed by atoms with Gasteiger partial charge in [-0.3, -0.25) is 4.90 Å². The first kappa shape index (κ1) is 15.8. The van der Waals surface area contributed by atoms with Gasteiger partial charge in [0.05, 0.1) is 17.3 Å². The molecule has 0 N–H and O–H groups in total. The molecule has 6 heteroatoms. The summed E-state index contributed by atoms with van der Waals surface area (Å²) >= 11 is 1.79. The van der Waals surface area contributed by atoms with Crippen LogP contribution < -0.4 is 9.64 Å². The van der Waals surface area contributed by atoms with Gasteiger partial charge in [-0.15, -0.1) is 12.4 Å². The fourth-order valence-electron chi connectivity index (χ4n) is 3.48. The van der Waals surface area contributed by atoms with E-state index in [-0.39, 0.29) is 12.4 Å². The van der Waals surface area contributed by atoms with Gasteiger partial charge in [0.2, 0.25) is 0 Å². The van der Waals surface area contributed by atoms with Crippen LogP contribution >= 0.6 is 23.7 Å². The van der Waals surface area contributed by atoms with E-state index >= 15 is 0 Å². The quantitative estimate of drug-likeness (QED) is 0.838. The first-order valence-electron chi connectivity index (χ1n) is 7.77. The SMILES string of the molecule is COc1ccc2nc(N3CCN4CCCCC4C3)sc2c1.Cl. The third-order valence-corrected chi connectivity index (χ3v) is 5.77. The van der Waals surface area contributed by atoms with Gasteiger partial charge in [0.25, 0.3) is 0 Å². The van der Waals surface area contributed by atoms with Crippen LogP contribution in [0.15, 0.2) is 18.2 Å². The van der Waals surface area contributed by atoms with Crippen molar-refractivity contribution in [3.05, 3.63) is 18.2 Å². The molecule has 0 aliphatic carbocycles. The van der Waals surface area contributed by atoms with Crippen molar-refractivity contribution in [1.29, 1.82) is 0 Å². The smallest absolute Gasteiger partial charge is 0.186 e. The Kier molecular flexibility index (Phi) is 4.76. The number of ether oxygens (including phenoxy) is 1. The largest absolute Gasteiger partial charge is 0.497 e. The van der Waals surface area contributed by atoms with Crippen molar-refractivity contribution >= 4 is 39.1 Å². The minimum atomic E-state index is 0. The molecule has 3 heterocycles. The van der Waals surface area contributed by atoms with Crippen molar-refractivity contribution < 1.29 is 4.74 Å². The fraction of sp³-hybridized carbons (Fsp3) is 0.562. The number of benzene rings is 1. The highest BCUT2D eigenvalue weighted by molar-refractivity contribution is 7.22. The molecule has 0 radical (unpaired) electrons. The highest BCUT2D eigenvalue weighted by Crippen LogP contribution is 2.33. The van der Waals surface area contributed by atoms with E-state index in [1.54, 1.807) is 18.4 Å². The Morgan fingerprint density at radius 3 is 3.00 bits per heavy atom. The van der Waals surface area contributed by atoms with Gasteiger partial charge in [0.15, 0.2) is 5.13 Å². The number of nitrogens with zero attached hydrogens (tertiary/aromatic N) is 3. The Hall–Kier alpha value is -1.04. The number of aromatic nitrogens is 1. The zero-order valence-electron chi connectivity index (χ0n) is 12.8. The molecule has 22 heavy (non-hydrogen) atoms. The molecule has 0 spiro atoms. The molecule has 120 valence electrons. The summed E-state index contributed by atoms with van der Waals surface area (Å²) in [6, 6.07) is 6.87. The molecule has 4 rings (SSSR count). The second-order valence-electron chi connectivity index (χ2n) is 5.96. The van der Waals surface area contributed by atoms with Crippen molar-refractivity contribution in [1.82, 2.24) is 9.88 Å². The number of hydrogen-bond donors (Lipinski definition) is 0. The van der Waals surface area contributed by atoms with E-state index in [1.165, 1.54) is 42.2 Å². The minimum Gasteiger partial charge on any atom is -0.497 e. The van der Waals surface area contributed by atoms with Crippen molar-refractivity contribution in [2.24, 2.45) is 0 Å². The Morgan fingerprint density at radius 2 is 2.14 bits per heavy atom. The van der Waals surface area contributed by atoms with Gasteiger partial charge in [-0.05, 0) is 37.6 Å². The molecule has 4 nitrogen and oxygen atoms in total. The van der Waals surface area contributed by atoms with Crippen LogP contribution in [-0.2, 0) is 0 Å². The lowest BCUT2D eigenvalue weighted by atomic mass is 10.00. The van der Waals surface area contributed by atoms with E-state index in [0.29, 0.717) is 0 Å². The molecule has 2 aliphatic rings. The Balaban J connectivity index is 0.00000144. The number of rotatable bonds is 2. The average molecular weight is 340 g/mol. The average Bonchev–Trinajstić information content (AvgIpc) is 2.97. The number of hydrogen-bond acceptors (Lipinski definition) is 5. The molecule has 2 fully saturated rings. The molecule has 1 aromatic carbocycles. The number of piperazine rings is 1. The molecular weight excluding hydrogens is 318 g/mol. The summed E-state index contributed by atoms with van der Waals surface area (Å²) < 4.78 is 6.52. The highest BCUT2D eigenvalue weighted by atomic mass is 35.5. The molecule has 0 saturated carbocycles. The van der Waals surface area contributed by atoms with E-state index in [0.717, 1.165) is 30.4 Å². The number of thiazole rings is 1. The third kappa shape index (κ3) is 2.90. The lowest BCUT2D eigenvalue weighted by Gasteiger charge is -2.43. The minimum absolute atomic E-state index is 0. The summed E-state index contributed by atoms with van der Waals surface area (Å²) in [5.74, 6) is 0.912. The molecule has 2 saturated heterocycles. The van der Waals surface area contributed by atoms with E-state index in [2.05, 4.69) is 21.9 Å². The topological polar surface area (TPSA) is 28.6 Å². The number of fused-ring (bicyclic) bond motifs is 2. The predicted octanol–water partition coefficient (Wildman–Crippen LogP) is 3.40. The monoisotopic (exact) mass is 339 g/mol. The van der Waals surface area contributed by atoms with Crippen LogP contribution in [0.5, 0.6) is 5.75 Å². The van der Waals surface area contributed by atoms with Crippen LogP contribution in [0.2, 0.25) is 0 Å². The van der Waals surface area contributed by atoms with Crippen LogP contribution in [-0.4, -0.2) is 49.2 Å². The predicted molar refractivity (Wildman–Crippen MR) is 94.8 cm³/mol. The summed E-state index contributed by atoms with van der Waals surface area (Å²) in [4.78, 5) is 9.96. The molecule has 0 bridgehead atoms. The van der Waals surface area contributed by atoms with Crippen molar-refractivity contribution in [3.63, 3.8) is 0 Å². The first-order valence-corrected chi connectivity index (χ1v) is 8.59. The summed E-state index contributed by atoms with van der Waals surface area (Å²) in [6.07, 6.45) is 4.10. The molecule has 1 aromatic heterocycles. The van der Waals surface area contributed by atoms with E-state index in [1.807, 2.05) is 6.07 Å². The first-order chi connectivity index (χ1) is 10.3. The Labute approximate surface area is 141 Å². The van der Waals surface area contributed by atoms with Gasteiger partial charge in [-0.1, -0.05) is 17.8 Å². The fourth-order valence-corrected chi connectivity index (χ4v) is 4.51. The van der Waals surface area contributed by atoms with Gasteiger partial charge in [0.1, 0.15) is 5.75 Å². The maximum absolute atomic E-state index is 5.31. The van der Waals surface area contributed by atoms with Crippen molar-refractivity contribution in [2.75, 3.05) is 38.2 Å². The summed E-state index contributed by atoms with van der Waals surface area (Å²) in [7, 11) is 1.71. The standard InChI is InChI=1S/C16H21N3OS.ClH/c1-20-13-5-6-14-15(10-13)21-16(17-14)19-9-8-18-7-3-2-4-12(18)11-19;/h5-6,10,12H,2-4,7-9,11H2,1H3;1H. The van der Waals surface area contributed by atoms with E-state index in [9.17, 15) is 0 Å². The normalized spacial score (nSPS) is 22.2. The van der Waals surface area contributed by atoms with Gasteiger partial charge >= 0.3 is 0 Å².